The van der Waals surface area contributed by atoms with Crippen molar-refractivity contribution in [1.82, 2.24) is 19.8 Å². The molecule has 0 saturated heterocycles. The molecule has 1 N–H and O–H groups in total. The Balaban J connectivity index is 2.33. The van der Waals surface area contributed by atoms with Gasteiger partial charge in [-0.15, -0.1) is 0 Å². The van der Waals surface area contributed by atoms with E-state index in [9.17, 15) is 14.4 Å². The minimum absolute atomic E-state index is 0.123. The van der Waals surface area contributed by atoms with Crippen LogP contribution in [-0.2, 0) is 19.1 Å². The highest BCUT2D eigenvalue weighted by molar-refractivity contribution is 5.81. The maximum Gasteiger partial charge on any atom is 0.248 e. The Labute approximate surface area is 168 Å². The molecule has 1 aromatic heterocycles. The number of hydrogen-bond donors (Lipinski definition) is 1. The van der Waals surface area contributed by atoms with Crippen molar-refractivity contribution in [2.75, 3.05) is 52.6 Å². The third kappa shape index (κ3) is 11.5. The average Bonchev–Trinajstić information content (AvgIpc) is 3.23. The van der Waals surface area contributed by atoms with Crippen molar-refractivity contribution in [2.45, 2.75) is 19.8 Å². The minimum atomic E-state index is -0.261. The second kappa shape index (κ2) is 15.0. The lowest BCUT2D eigenvalue weighted by Gasteiger charge is -2.22. The third-order valence-corrected chi connectivity index (χ3v) is 3.71. The Morgan fingerprint density at radius 1 is 1.24 bits per heavy atom. The zero-order valence-electron chi connectivity index (χ0n) is 16.5. The normalized spacial score (nSPS) is 10.2. The predicted octanol–water partition coefficient (Wildman–Crippen LogP) is 0.612. The van der Waals surface area contributed by atoms with E-state index >= 15 is 0 Å². The van der Waals surface area contributed by atoms with Gasteiger partial charge >= 0.3 is 0 Å². The van der Waals surface area contributed by atoms with E-state index in [-0.39, 0.29) is 50.4 Å². The van der Waals surface area contributed by atoms with E-state index in [1.807, 2.05) is 0 Å². The summed E-state index contributed by atoms with van der Waals surface area (Å²) < 4.78 is 12.0. The molecule has 0 saturated carbocycles. The van der Waals surface area contributed by atoms with Crippen molar-refractivity contribution in [3.63, 3.8) is 0 Å². The molecule has 1 aromatic rings. The van der Waals surface area contributed by atoms with Crippen LogP contribution in [0.3, 0.4) is 0 Å². The lowest BCUT2D eigenvalue weighted by Crippen LogP contribution is -2.37. The van der Waals surface area contributed by atoms with Crippen molar-refractivity contribution in [3.05, 3.63) is 29.2 Å². The van der Waals surface area contributed by atoms with Crippen LogP contribution in [0, 0.1) is 0 Å². The molecule has 0 spiro atoms. The number of imidazole rings is 1. The van der Waals surface area contributed by atoms with Gasteiger partial charge < -0.3 is 19.7 Å². The first kappa shape index (κ1) is 24.1. The molecule has 0 aliphatic carbocycles. The van der Waals surface area contributed by atoms with Crippen LogP contribution in [-0.4, -0.2) is 84.8 Å². The Morgan fingerprint density at radius 3 is 2.72 bits per heavy atom. The lowest BCUT2D eigenvalue weighted by molar-refractivity contribution is -0.136. The van der Waals surface area contributed by atoms with E-state index in [4.69, 9.17) is 15.0 Å². The van der Waals surface area contributed by atoms with Gasteiger partial charge in [0, 0.05) is 56.8 Å². The van der Waals surface area contributed by atoms with E-state index in [0.717, 1.165) is 0 Å². The van der Waals surface area contributed by atoms with Crippen molar-refractivity contribution < 1.29 is 23.9 Å². The molecule has 0 bridgehead atoms. The fourth-order valence-electron chi connectivity index (χ4n) is 2.27. The van der Waals surface area contributed by atoms with Gasteiger partial charge in [-0.2, -0.15) is 0 Å². The highest BCUT2D eigenvalue weighted by atomic mass is 16.5. The zero-order chi connectivity index (χ0) is 21.3. The minimum Gasteiger partial charge on any atom is -0.377 e. The molecule has 0 atom stereocenters. The third-order valence-electron chi connectivity index (χ3n) is 3.71. The monoisotopic (exact) mass is 409 g/mol. The molecule has 2 amide bonds. The molecular weight excluding hydrogens is 382 g/mol. The van der Waals surface area contributed by atoms with Crippen molar-refractivity contribution in [2.24, 2.45) is 5.11 Å². The second-order valence-corrected chi connectivity index (χ2v) is 5.95. The fourth-order valence-corrected chi connectivity index (χ4v) is 2.27. The first-order valence-electron chi connectivity index (χ1n) is 9.24. The van der Waals surface area contributed by atoms with Crippen molar-refractivity contribution in [1.29, 1.82) is 0 Å². The fraction of sp³-hybridized carbons (Fsp3) is 0.647. The predicted molar refractivity (Wildman–Crippen MR) is 103 cm³/mol. The quantitative estimate of drug-likeness (QED) is 0.194. The van der Waals surface area contributed by atoms with Crippen LogP contribution >= 0.6 is 0 Å². The van der Waals surface area contributed by atoms with Gasteiger partial charge in [0.05, 0.1) is 19.8 Å². The molecule has 0 aliphatic rings. The van der Waals surface area contributed by atoms with Gasteiger partial charge in [0.25, 0.3) is 0 Å². The molecule has 29 heavy (non-hydrogen) atoms. The maximum absolute atomic E-state index is 12.4. The number of aromatic nitrogens is 2. The standard InChI is InChI=1S/C17H27N7O5/c1-15(25)20-6-10-28-11-12-29-13-17(27)23(7-2-4-21-22-18)8-3-16(26)24-9-5-19-14-24/h5,9,14H,2-4,6-8,10-13H2,1H3,(H,20,25). The first-order valence-corrected chi connectivity index (χ1v) is 9.24. The van der Waals surface area contributed by atoms with E-state index in [1.54, 1.807) is 6.20 Å². The Kier molecular flexibility index (Phi) is 12.5. The molecule has 1 rings (SSSR count). The molecule has 0 unspecified atom stereocenters. The van der Waals surface area contributed by atoms with Crippen molar-refractivity contribution >= 4 is 17.7 Å². The van der Waals surface area contributed by atoms with E-state index in [2.05, 4.69) is 20.3 Å². The number of nitrogens with zero attached hydrogens (tertiary/aromatic N) is 6. The Hall–Kier alpha value is -2.95. The van der Waals surface area contributed by atoms with Gasteiger partial charge in [-0.05, 0) is 12.0 Å². The maximum atomic E-state index is 12.4. The summed E-state index contributed by atoms with van der Waals surface area (Å²) in [6, 6.07) is 0. The lowest BCUT2D eigenvalue weighted by atomic mass is 10.3. The first-order chi connectivity index (χ1) is 14.0. The van der Waals surface area contributed by atoms with E-state index < -0.39 is 0 Å². The molecular formula is C17H27N7O5. The largest absolute Gasteiger partial charge is 0.377 e. The smallest absolute Gasteiger partial charge is 0.248 e. The van der Waals surface area contributed by atoms with Crippen LogP contribution in [0.5, 0.6) is 0 Å². The van der Waals surface area contributed by atoms with Crippen LogP contribution < -0.4 is 5.32 Å². The van der Waals surface area contributed by atoms with E-state index in [1.165, 1.54) is 28.9 Å². The highest BCUT2D eigenvalue weighted by Crippen LogP contribution is 2.00. The summed E-state index contributed by atoms with van der Waals surface area (Å²) in [7, 11) is 0. The summed E-state index contributed by atoms with van der Waals surface area (Å²) >= 11 is 0. The number of carbonyl (C=O) groups excluding carboxylic acids is 3. The number of amides is 2. The molecule has 12 heteroatoms. The molecule has 12 nitrogen and oxygen atoms in total. The number of nitrogens with one attached hydrogen (secondary N) is 1. The van der Waals surface area contributed by atoms with Gasteiger partial charge in [0.2, 0.25) is 17.7 Å². The van der Waals surface area contributed by atoms with Gasteiger partial charge in [-0.3, -0.25) is 19.0 Å². The Bertz CT molecular complexity index is 674. The number of carbonyl (C=O) groups is 3. The summed E-state index contributed by atoms with van der Waals surface area (Å²) in [5, 5.41) is 6.05. The van der Waals surface area contributed by atoms with Gasteiger partial charge in [-0.1, -0.05) is 5.11 Å². The summed E-state index contributed by atoms with van der Waals surface area (Å²) in [5.41, 5.74) is 8.34. The van der Waals surface area contributed by atoms with Gasteiger partial charge in [0.15, 0.2) is 0 Å². The van der Waals surface area contributed by atoms with E-state index in [0.29, 0.717) is 32.7 Å². The topological polar surface area (TPSA) is 152 Å². The molecule has 0 fully saturated rings. The molecule has 0 radical (unpaired) electrons. The number of ether oxygens (including phenoxy) is 2. The zero-order valence-corrected chi connectivity index (χ0v) is 16.5. The van der Waals surface area contributed by atoms with Crippen LogP contribution in [0.4, 0.5) is 0 Å². The second-order valence-electron chi connectivity index (χ2n) is 5.95. The number of hydrogen-bond acceptors (Lipinski definition) is 7. The summed E-state index contributed by atoms with van der Waals surface area (Å²) in [6.07, 6.45) is 5.08. The molecule has 1 heterocycles. The molecule has 160 valence electrons. The molecule has 0 aliphatic heterocycles. The number of azide groups is 1. The summed E-state index contributed by atoms with van der Waals surface area (Å²) in [4.78, 5) is 43.2. The summed E-state index contributed by atoms with van der Waals surface area (Å²) in [6.45, 7) is 3.42. The van der Waals surface area contributed by atoms with Crippen LogP contribution in [0.15, 0.2) is 23.8 Å². The summed E-state index contributed by atoms with van der Waals surface area (Å²) in [5.74, 6) is -0.561. The van der Waals surface area contributed by atoms with Gasteiger partial charge in [-0.25, -0.2) is 4.98 Å². The highest BCUT2D eigenvalue weighted by Gasteiger charge is 2.15. The molecule has 0 aromatic carbocycles. The van der Waals surface area contributed by atoms with Gasteiger partial charge in [0.1, 0.15) is 12.9 Å². The van der Waals surface area contributed by atoms with Crippen LogP contribution in [0.25, 0.3) is 10.4 Å². The van der Waals surface area contributed by atoms with Crippen LogP contribution in [0.1, 0.15) is 24.6 Å². The number of rotatable bonds is 15. The van der Waals surface area contributed by atoms with Crippen LogP contribution in [0.2, 0.25) is 0 Å². The SMILES string of the molecule is CC(=O)NCCOCCOCC(=O)N(CCCN=[N+]=[N-])CCC(=O)n1ccnc1. The average molecular weight is 409 g/mol. The van der Waals surface area contributed by atoms with Crippen molar-refractivity contribution in [3.8, 4) is 0 Å². The Morgan fingerprint density at radius 2 is 2.03 bits per heavy atom.